The van der Waals surface area contributed by atoms with Crippen LogP contribution in [0.3, 0.4) is 0 Å². The van der Waals surface area contributed by atoms with Gasteiger partial charge in [-0.05, 0) is 40.4 Å². The number of hydrogen-bond acceptors (Lipinski definition) is 4. The van der Waals surface area contributed by atoms with Gasteiger partial charge in [-0.1, -0.05) is 29.5 Å². The SMILES string of the molecule is NC(=O)c1ccccc1CC[CH]C(=O)Nc1ncc(Br)s1. The van der Waals surface area contributed by atoms with E-state index in [1.54, 1.807) is 18.3 Å². The van der Waals surface area contributed by atoms with Gasteiger partial charge in [0.05, 0.1) is 16.4 Å². The van der Waals surface area contributed by atoms with Crippen molar-refractivity contribution in [3.05, 3.63) is 51.8 Å². The van der Waals surface area contributed by atoms with Crippen LogP contribution in [0.15, 0.2) is 34.2 Å². The number of hydrogen-bond donors (Lipinski definition) is 2. The molecule has 1 aromatic heterocycles. The monoisotopic (exact) mass is 366 g/mol. The Morgan fingerprint density at radius 2 is 2.14 bits per heavy atom. The second kappa shape index (κ2) is 7.33. The molecule has 3 N–H and O–H groups in total. The molecule has 0 atom stereocenters. The maximum atomic E-state index is 11.7. The number of carbonyl (C=O) groups excluding carboxylic acids is 2. The Hall–Kier alpha value is -1.73. The number of primary amides is 1. The predicted octanol–water partition coefficient (Wildman–Crippen LogP) is 2.78. The lowest BCUT2D eigenvalue weighted by molar-refractivity contribution is -0.113. The van der Waals surface area contributed by atoms with Gasteiger partial charge in [0.2, 0.25) is 11.8 Å². The van der Waals surface area contributed by atoms with Crippen molar-refractivity contribution >= 4 is 44.2 Å². The van der Waals surface area contributed by atoms with E-state index >= 15 is 0 Å². The molecule has 1 heterocycles. The highest BCUT2D eigenvalue weighted by Gasteiger charge is 2.09. The minimum atomic E-state index is -0.456. The molecule has 5 nitrogen and oxygen atoms in total. The molecule has 2 aromatic rings. The Kier molecular flexibility index (Phi) is 5.46. The van der Waals surface area contributed by atoms with Crippen LogP contribution in [0.4, 0.5) is 5.13 Å². The second-order valence-corrected chi connectivity index (χ2v) is 6.63. The standard InChI is InChI=1S/C14H13BrN3O2S/c15-11-8-17-14(21-11)18-12(19)7-3-5-9-4-1-2-6-10(9)13(16)20/h1-2,4,6-8H,3,5H2,(H2,16,20)(H,17,18,19). The number of amides is 2. The summed E-state index contributed by atoms with van der Waals surface area (Å²) in [5.74, 6) is -0.670. The summed E-state index contributed by atoms with van der Waals surface area (Å²) in [7, 11) is 0. The highest BCUT2D eigenvalue weighted by molar-refractivity contribution is 9.11. The van der Waals surface area contributed by atoms with Crippen molar-refractivity contribution in [2.24, 2.45) is 5.73 Å². The van der Waals surface area contributed by atoms with Crippen LogP contribution in [0, 0.1) is 6.42 Å². The van der Waals surface area contributed by atoms with Gasteiger partial charge in [-0.25, -0.2) is 4.98 Å². The minimum absolute atomic E-state index is 0.214. The molecule has 0 saturated heterocycles. The van der Waals surface area contributed by atoms with Crippen molar-refractivity contribution in [1.82, 2.24) is 4.98 Å². The van der Waals surface area contributed by atoms with Gasteiger partial charge in [-0.2, -0.15) is 0 Å². The van der Waals surface area contributed by atoms with Crippen LogP contribution >= 0.6 is 27.3 Å². The molecule has 1 aromatic carbocycles. The molecule has 7 heteroatoms. The average molecular weight is 367 g/mol. The van der Waals surface area contributed by atoms with Gasteiger partial charge in [0.15, 0.2) is 5.13 Å². The van der Waals surface area contributed by atoms with Crippen LogP contribution in [0.5, 0.6) is 0 Å². The molecule has 2 amide bonds. The van der Waals surface area contributed by atoms with Gasteiger partial charge in [0.1, 0.15) is 0 Å². The molecular formula is C14H13BrN3O2S. The molecule has 0 aliphatic rings. The Morgan fingerprint density at radius 3 is 2.81 bits per heavy atom. The third-order valence-corrected chi connectivity index (χ3v) is 4.13. The van der Waals surface area contributed by atoms with Crippen LogP contribution in [0.2, 0.25) is 0 Å². The zero-order valence-electron chi connectivity index (χ0n) is 11.0. The molecule has 0 fully saturated rings. The number of rotatable bonds is 6. The summed E-state index contributed by atoms with van der Waals surface area (Å²) in [6, 6.07) is 7.13. The lowest BCUT2D eigenvalue weighted by Gasteiger charge is -2.06. The van der Waals surface area contributed by atoms with Crippen molar-refractivity contribution in [3.63, 3.8) is 0 Å². The fraction of sp³-hybridized carbons (Fsp3) is 0.143. The third kappa shape index (κ3) is 4.64. The quantitative estimate of drug-likeness (QED) is 0.823. The number of nitrogens with one attached hydrogen (secondary N) is 1. The number of thiazole rings is 1. The van der Waals surface area contributed by atoms with Crippen LogP contribution in [-0.4, -0.2) is 16.8 Å². The zero-order chi connectivity index (χ0) is 15.2. The van der Waals surface area contributed by atoms with Crippen molar-refractivity contribution < 1.29 is 9.59 Å². The fourth-order valence-corrected chi connectivity index (χ4v) is 2.92. The van der Waals surface area contributed by atoms with E-state index in [2.05, 4.69) is 26.2 Å². The Bertz CT molecular complexity index is 657. The van der Waals surface area contributed by atoms with Crippen LogP contribution in [0.1, 0.15) is 22.3 Å². The lowest BCUT2D eigenvalue weighted by atomic mass is 10.0. The van der Waals surface area contributed by atoms with Gasteiger partial charge in [-0.3, -0.25) is 9.59 Å². The molecule has 109 valence electrons. The van der Waals surface area contributed by atoms with Crippen molar-refractivity contribution in [2.45, 2.75) is 12.8 Å². The summed E-state index contributed by atoms with van der Waals surface area (Å²) in [6.07, 6.45) is 4.26. The van der Waals surface area contributed by atoms with Gasteiger partial charge in [0, 0.05) is 5.56 Å². The summed E-state index contributed by atoms with van der Waals surface area (Å²) >= 11 is 4.62. The smallest absolute Gasteiger partial charge is 0.248 e. The molecule has 0 aliphatic carbocycles. The Morgan fingerprint density at radius 1 is 1.38 bits per heavy atom. The molecular weight excluding hydrogens is 354 g/mol. The number of halogens is 1. The Balaban J connectivity index is 1.84. The van der Waals surface area contributed by atoms with E-state index in [-0.39, 0.29) is 5.91 Å². The molecule has 0 bridgehead atoms. The second-order valence-electron chi connectivity index (χ2n) is 4.22. The maximum Gasteiger partial charge on any atom is 0.248 e. The van der Waals surface area contributed by atoms with E-state index in [1.165, 1.54) is 17.8 Å². The van der Waals surface area contributed by atoms with Gasteiger partial charge in [-0.15, -0.1) is 0 Å². The first-order valence-electron chi connectivity index (χ1n) is 6.19. The van der Waals surface area contributed by atoms with E-state index in [1.807, 2.05) is 12.1 Å². The van der Waals surface area contributed by atoms with Crippen molar-refractivity contribution in [2.75, 3.05) is 5.32 Å². The van der Waals surface area contributed by atoms with Gasteiger partial charge >= 0.3 is 0 Å². The first kappa shape index (κ1) is 15.7. The maximum absolute atomic E-state index is 11.7. The normalized spacial score (nSPS) is 10.3. The van der Waals surface area contributed by atoms with E-state index in [0.29, 0.717) is 23.5 Å². The topological polar surface area (TPSA) is 85.1 Å². The van der Waals surface area contributed by atoms with E-state index < -0.39 is 5.91 Å². The van der Waals surface area contributed by atoms with Crippen molar-refractivity contribution in [1.29, 1.82) is 0 Å². The molecule has 1 radical (unpaired) electrons. The van der Waals surface area contributed by atoms with Crippen LogP contribution in [-0.2, 0) is 11.2 Å². The molecule has 2 rings (SSSR count). The average Bonchev–Trinajstić information content (AvgIpc) is 2.84. The number of aryl methyl sites for hydroxylation is 1. The number of benzene rings is 1. The zero-order valence-corrected chi connectivity index (χ0v) is 13.4. The molecule has 0 spiro atoms. The summed E-state index contributed by atoms with van der Waals surface area (Å²) in [5, 5.41) is 3.22. The number of nitrogens with zero attached hydrogens (tertiary/aromatic N) is 1. The van der Waals surface area contributed by atoms with E-state index in [0.717, 1.165) is 9.35 Å². The van der Waals surface area contributed by atoms with E-state index in [4.69, 9.17) is 5.73 Å². The lowest BCUT2D eigenvalue weighted by Crippen LogP contribution is -2.15. The largest absolute Gasteiger partial charge is 0.366 e. The minimum Gasteiger partial charge on any atom is -0.366 e. The first-order valence-corrected chi connectivity index (χ1v) is 7.80. The summed E-state index contributed by atoms with van der Waals surface area (Å²) in [4.78, 5) is 27.0. The predicted molar refractivity (Wildman–Crippen MR) is 86.0 cm³/mol. The molecule has 0 saturated carbocycles. The first-order chi connectivity index (χ1) is 10.1. The summed E-state index contributed by atoms with van der Waals surface area (Å²) < 4.78 is 0.855. The number of nitrogens with two attached hydrogens (primary N) is 1. The fourth-order valence-electron chi connectivity index (χ4n) is 1.81. The van der Waals surface area contributed by atoms with E-state index in [9.17, 15) is 9.59 Å². The molecule has 21 heavy (non-hydrogen) atoms. The van der Waals surface area contributed by atoms with Gasteiger partial charge in [0.25, 0.3) is 0 Å². The van der Waals surface area contributed by atoms with Crippen LogP contribution < -0.4 is 11.1 Å². The summed E-state index contributed by atoms with van der Waals surface area (Å²) in [6.45, 7) is 0. The van der Waals surface area contributed by atoms with Crippen molar-refractivity contribution in [3.8, 4) is 0 Å². The third-order valence-electron chi connectivity index (χ3n) is 2.73. The molecule has 0 unspecified atom stereocenters. The highest BCUT2D eigenvalue weighted by atomic mass is 79.9. The van der Waals surface area contributed by atoms with Crippen LogP contribution in [0.25, 0.3) is 0 Å². The number of carbonyl (C=O) groups is 2. The van der Waals surface area contributed by atoms with Gasteiger partial charge < -0.3 is 11.1 Å². The number of anilines is 1. The number of aromatic nitrogens is 1. The molecule has 0 aliphatic heterocycles. The summed E-state index contributed by atoms with van der Waals surface area (Å²) in [5.41, 5.74) is 6.65. The Labute approximate surface area is 134 Å². The highest BCUT2D eigenvalue weighted by Crippen LogP contribution is 2.23.